The molecule has 15 nitrogen and oxygen atoms in total. The predicted molar refractivity (Wildman–Crippen MR) is 181 cm³/mol. The number of thiazole rings is 1. The number of fused-ring (bicyclic) bond motifs is 2. The first-order chi connectivity index (χ1) is 24.4. The van der Waals surface area contributed by atoms with E-state index in [1.165, 1.54) is 17.1 Å². The molecule has 2 amide bonds. The number of carbonyl (C=O) groups is 4. The Labute approximate surface area is 294 Å². The van der Waals surface area contributed by atoms with Crippen molar-refractivity contribution in [3.63, 3.8) is 0 Å². The number of carboxylic acids is 2. The predicted octanol–water partition coefficient (Wildman–Crippen LogP) is 2.79. The molecule has 1 aromatic heterocycles. The number of halogens is 2. The number of benzene rings is 2. The van der Waals surface area contributed by atoms with Gasteiger partial charge in [-0.2, -0.15) is 4.39 Å². The van der Waals surface area contributed by atoms with Gasteiger partial charge < -0.3 is 41.2 Å². The van der Waals surface area contributed by atoms with Crippen LogP contribution in [-0.2, 0) is 24.0 Å². The number of nitrogens with zero attached hydrogens (tertiary/aromatic N) is 4. The van der Waals surface area contributed by atoms with Crippen molar-refractivity contribution >= 4 is 69.5 Å². The summed E-state index contributed by atoms with van der Waals surface area (Å²) in [6.45, 7) is 1.13. The van der Waals surface area contributed by atoms with E-state index in [9.17, 15) is 48.4 Å². The summed E-state index contributed by atoms with van der Waals surface area (Å²) in [5.41, 5.74) is 5.90. The lowest BCUT2D eigenvalue weighted by atomic mass is 10.0. The molecule has 19 heteroatoms. The first-order valence-corrected chi connectivity index (χ1v) is 16.8. The number of phenolic OH excluding ortho intramolecular Hbond substituents is 2. The minimum absolute atomic E-state index is 0.0385. The fourth-order valence-electron chi connectivity index (χ4n) is 5.55. The Morgan fingerprint density at radius 2 is 1.96 bits per heavy atom. The molecule has 0 saturated carbocycles. The number of carbonyl (C=O) groups excluding carboxylic acids is 2. The van der Waals surface area contributed by atoms with Gasteiger partial charge in [0.2, 0.25) is 5.82 Å². The zero-order chi connectivity index (χ0) is 36.6. The van der Waals surface area contributed by atoms with Crippen molar-refractivity contribution in [2.75, 3.05) is 29.5 Å². The van der Waals surface area contributed by atoms with Crippen LogP contribution in [0.3, 0.4) is 0 Å². The van der Waals surface area contributed by atoms with Gasteiger partial charge in [-0.05, 0) is 23.3 Å². The number of amides is 2. The molecule has 51 heavy (non-hydrogen) atoms. The zero-order valence-electron chi connectivity index (χ0n) is 25.9. The number of nitrogen functional groups attached to an aromatic ring is 1. The number of hydrogen-bond acceptors (Lipinski definition) is 13. The Hall–Kier alpha value is -5.95. The lowest BCUT2D eigenvalue weighted by molar-refractivity contribution is -0.151. The maximum Gasteiger partial charge on any atom is 0.352 e. The third-order valence-electron chi connectivity index (χ3n) is 7.96. The maximum atomic E-state index is 14.6. The number of anilines is 2. The molecule has 0 bridgehead atoms. The van der Waals surface area contributed by atoms with E-state index in [0.717, 1.165) is 27.5 Å². The Balaban J connectivity index is 1.20. The third kappa shape index (κ3) is 6.67. The second-order valence-corrected chi connectivity index (χ2v) is 13.1. The van der Waals surface area contributed by atoms with Crippen LogP contribution in [0.2, 0.25) is 0 Å². The standard InChI is InChI=1S/C32H26F2N6O9S2/c33-20-16(11-19(41)25(42)21(20)34)26(31(47)48)49-38-22(17-13-51-32(35)36-17)27(43)37-23-28(44)40-24(30(45)46)15(12-50-29(23)40)7-4-10-39-9-3-6-14-5-1-2-8-18(14)39/h1-8,11,13,23,26,29,41-42H,9-10,12H2,(H2,35,36)(H,37,43)(H,45,46)(H,47,48). The summed E-state index contributed by atoms with van der Waals surface area (Å²) in [5, 5.41) is 45.3. The molecule has 0 aliphatic carbocycles. The molecule has 3 aliphatic rings. The van der Waals surface area contributed by atoms with E-state index in [0.29, 0.717) is 24.7 Å². The number of aliphatic carboxylic acids is 2. The van der Waals surface area contributed by atoms with Gasteiger partial charge in [0.05, 0.1) is 0 Å². The van der Waals surface area contributed by atoms with E-state index in [4.69, 9.17) is 10.6 Å². The first-order valence-electron chi connectivity index (χ1n) is 14.8. The Morgan fingerprint density at radius 1 is 1.20 bits per heavy atom. The number of hydrogen-bond donors (Lipinski definition) is 6. The molecular weight excluding hydrogens is 715 g/mol. The van der Waals surface area contributed by atoms with E-state index < -0.39 is 75.7 Å². The molecule has 264 valence electrons. The molecule has 3 aromatic rings. The van der Waals surface area contributed by atoms with Gasteiger partial charge in [-0.25, -0.2) is 19.0 Å². The van der Waals surface area contributed by atoms with Crippen LogP contribution in [0.25, 0.3) is 6.08 Å². The number of carboxylic acid groups (broad SMARTS) is 2. The molecule has 7 N–H and O–H groups in total. The fraction of sp³-hybridized carbons (Fsp3) is 0.188. The highest BCUT2D eigenvalue weighted by Gasteiger charge is 2.54. The number of aromatic nitrogens is 1. The molecule has 0 spiro atoms. The number of allylic oxidation sites excluding steroid dienone is 1. The van der Waals surface area contributed by atoms with Crippen molar-refractivity contribution in [2.45, 2.75) is 17.5 Å². The van der Waals surface area contributed by atoms with Crippen molar-refractivity contribution in [3.8, 4) is 11.5 Å². The number of β-lactam (4-membered cyclic amide) rings is 1. The van der Waals surface area contributed by atoms with Gasteiger partial charge in [0.1, 0.15) is 22.8 Å². The quantitative estimate of drug-likeness (QED) is 0.0720. The highest BCUT2D eigenvalue weighted by molar-refractivity contribution is 8.00. The lowest BCUT2D eigenvalue weighted by Crippen LogP contribution is -2.71. The number of para-hydroxylation sites is 1. The molecule has 3 aliphatic heterocycles. The number of oxime groups is 1. The molecular formula is C32H26F2N6O9S2. The van der Waals surface area contributed by atoms with Crippen molar-refractivity contribution in [1.82, 2.24) is 15.2 Å². The van der Waals surface area contributed by atoms with Crippen molar-refractivity contribution in [3.05, 3.63) is 93.7 Å². The number of rotatable bonds is 11. The van der Waals surface area contributed by atoms with Crippen LogP contribution < -0.4 is 16.0 Å². The fourth-order valence-corrected chi connectivity index (χ4v) is 7.42. The Morgan fingerprint density at radius 3 is 2.67 bits per heavy atom. The molecule has 4 heterocycles. The minimum atomic E-state index is -2.43. The van der Waals surface area contributed by atoms with Crippen LogP contribution in [0.15, 0.2) is 70.4 Å². The highest BCUT2D eigenvalue weighted by Crippen LogP contribution is 2.41. The number of phenols is 2. The van der Waals surface area contributed by atoms with Crippen molar-refractivity contribution in [1.29, 1.82) is 0 Å². The van der Waals surface area contributed by atoms with Crippen LogP contribution in [-0.4, -0.2) is 90.0 Å². The van der Waals surface area contributed by atoms with Crippen LogP contribution in [0, 0.1) is 11.6 Å². The highest BCUT2D eigenvalue weighted by atomic mass is 32.2. The Bertz CT molecular complexity index is 2080. The summed E-state index contributed by atoms with van der Waals surface area (Å²) in [5.74, 6) is -11.4. The summed E-state index contributed by atoms with van der Waals surface area (Å²) in [4.78, 5) is 63.2. The molecule has 2 aromatic carbocycles. The van der Waals surface area contributed by atoms with Gasteiger partial charge >= 0.3 is 11.9 Å². The zero-order valence-corrected chi connectivity index (χ0v) is 27.5. The molecule has 1 fully saturated rings. The van der Waals surface area contributed by atoms with E-state index in [1.54, 1.807) is 6.08 Å². The van der Waals surface area contributed by atoms with E-state index >= 15 is 0 Å². The van der Waals surface area contributed by atoms with Crippen LogP contribution >= 0.6 is 23.1 Å². The maximum absolute atomic E-state index is 14.6. The van der Waals surface area contributed by atoms with Gasteiger partial charge in [0.25, 0.3) is 17.9 Å². The SMILES string of the molecule is Nc1nc(C(=NOC(C(=O)O)c2cc(O)c(O)c(F)c2F)C(=O)NC2C(=O)N3C(C(=O)O)=C(C=CCN4CC=Cc5ccccc54)CSC23)cs1. The summed E-state index contributed by atoms with van der Waals surface area (Å²) < 4.78 is 28.6. The third-order valence-corrected chi connectivity index (χ3v) is 9.93. The first kappa shape index (κ1) is 34.9. The normalized spacial score (nSPS) is 19.0. The van der Waals surface area contributed by atoms with Gasteiger partial charge in [-0.3, -0.25) is 14.5 Å². The smallest absolute Gasteiger partial charge is 0.352 e. The average Bonchev–Trinajstić information content (AvgIpc) is 3.54. The molecule has 3 unspecified atom stereocenters. The second-order valence-electron chi connectivity index (χ2n) is 11.1. The van der Waals surface area contributed by atoms with Crippen molar-refractivity contribution in [2.24, 2.45) is 5.16 Å². The monoisotopic (exact) mass is 740 g/mol. The number of thioether (sulfide) groups is 1. The number of nitrogens with two attached hydrogens (primary N) is 1. The summed E-state index contributed by atoms with van der Waals surface area (Å²) >= 11 is 2.06. The van der Waals surface area contributed by atoms with Gasteiger partial charge in [-0.15, -0.1) is 23.1 Å². The van der Waals surface area contributed by atoms with Crippen LogP contribution in [0.4, 0.5) is 19.6 Å². The van der Waals surface area contributed by atoms with Crippen LogP contribution in [0.1, 0.15) is 22.9 Å². The number of nitrogens with one attached hydrogen (secondary N) is 1. The topological polar surface area (TPSA) is 228 Å². The lowest BCUT2D eigenvalue weighted by Gasteiger charge is -2.49. The second kappa shape index (κ2) is 14.1. The van der Waals surface area contributed by atoms with Gasteiger partial charge in [-0.1, -0.05) is 47.7 Å². The largest absolute Gasteiger partial charge is 0.504 e. The molecule has 6 rings (SSSR count). The molecule has 1 saturated heterocycles. The minimum Gasteiger partial charge on any atom is -0.504 e. The summed E-state index contributed by atoms with van der Waals surface area (Å²) in [7, 11) is 0. The van der Waals surface area contributed by atoms with Gasteiger partial charge in [0, 0.05) is 35.5 Å². The van der Waals surface area contributed by atoms with Crippen molar-refractivity contribution < 1.29 is 53.2 Å². The summed E-state index contributed by atoms with van der Waals surface area (Å²) in [6, 6.07) is 7.00. The van der Waals surface area contributed by atoms with E-state index in [1.807, 2.05) is 42.5 Å². The number of aromatic hydroxyl groups is 2. The molecule has 3 atom stereocenters. The average molecular weight is 741 g/mol. The summed E-state index contributed by atoms with van der Waals surface area (Å²) in [6.07, 6.45) is 5.08. The van der Waals surface area contributed by atoms with Crippen LogP contribution in [0.5, 0.6) is 11.5 Å². The van der Waals surface area contributed by atoms with E-state index in [2.05, 4.69) is 20.4 Å². The molecule has 0 radical (unpaired) electrons. The van der Waals surface area contributed by atoms with Gasteiger partial charge in [0.15, 0.2) is 28.2 Å². The van der Waals surface area contributed by atoms with E-state index in [-0.39, 0.29) is 22.3 Å². The Kier molecular flexibility index (Phi) is 9.66.